The van der Waals surface area contributed by atoms with Crippen molar-refractivity contribution >= 4 is 15.7 Å². The predicted octanol–water partition coefficient (Wildman–Crippen LogP) is 1.42. The van der Waals surface area contributed by atoms with Crippen molar-refractivity contribution in [1.29, 1.82) is 0 Å². The molecule has 1 aromatic heterocycles. The van der Waals surface area contributed by atoms with E-state index in [1.165, 1.54) is 19.2 Å². The van der Waals surface area contributed by atoms with Crippen LogP contribution in [0.2, 0.25) is 0 Å². The Morgan fingerprint density at radius 1 is 1.23 bits per heavy atom. The SMILES string of the molecule is COc1ncccc1CNC(=O)c1ccccc1S(C)(=O)=O. The van der Waals surface area contributed by atoms with Crippen LogP contribution >= 0.6 is 0 Å². The molecule has 0 radical (unpaired) electrons. The second-order valence-corrected chi connectivity index (χ2v) is 6.61. The van der Waals surface area contributed by atoms with Gasteiger partial charge in [0.2, 0.25) is 5.88 Å². The van der Waals surface area contributed by atoms with E-state index in [1.54, 1.807) is 30.5 Å². The zero-order valence-electron chi connectivity index (χ0n) is 12.2. The van der Waals surface area contributed by atoms with Gasteiger partial charge in [-0.25, -0.2) is 13.4 Å². The van der Waals surface area contributed by atoms with Gasteiger partial charge in [-0.05, 0) is 18.2 Å². The Labute approximate surface area is 129 Å². The zero-order chi connectivity index (χ0) is 16.2. The van der Waals surface area contributed by atoms with Crippen molar-refractivity contribution in [2.75, 3.05) is 13.4 Å². The third-order valence-electron chi connectivity index (χ3n) is 3.01. The third-order valence-corrected chi connectivity index (χ3v) is 4.17. The molecule has 0 atom stereocenters. The van der Waals surface area contributed by atoms with Crippen molar-refractivity contribution in [3.05, 3.63) is 53.7 Å². The number of amides is 1. The summed E-state index contributed by atoms with van der Waals surface area (Å²) >= 11 is 0. The molecule has 0 bridgehead atoms. The quantitative estimate of drug-likeness (QED) is 0.900. The van der Waals surface area contributed by atoms with E-state index in [0.29, 0.717) is 11.4 Å². The summed E-state index contributed by atoms with van der Waals surface area (Å²) in [7, 11) is -1.98. The molecule has 0 aliphatic heterocycles. The van der Waals surface area contributed by atoms with Crippen LogP contribution in [0.15, 0.2) is 47.5 Å². The Kier molecular flexibility index (Phi) is 4.77. The average Bonchev–Trinajstić information content (AvgIpc) is 2.52. The Morgan fingerprint density at radius 3 is 2.64 bits per heavy atom. The number of ether oxygens (including phenoxy) is 1. The fraction of sp³-hybridized carbons (Fsp3) is 0.200. The smallest absolute Gasteiger partial charge is 0.252 e. The summed E-state index contributed by atoms with van der Waals surface area (Å²) in [5, 5.41) is 2.68. The van der Waals surface area contributed by atoms with E-state index in [0.717, 1.165) is 6.26 Å². The number of methoxy groups -OCH3 is 1. The highest BCUT2D eigenvalue weighted by molar-refractivity contribution is 7.90. The molecule has 6 nitrogen and oxygen atoms in total. The van der Waals surface area contributed by atoms with Gasteiger partial charge >= 0.3 is 0 Å². The predicted molar refractivity (Wildman–Crippen MR) is 81.5 cm³/mol. The molecular weight excluding hydrogens is 304 g/mol. The number of benzene rings is 1. The van der Waals surface area contributed by atoms with E-state index < -0.39 is 15.7 Å². The van der Waals surface area contributed by atoms with E-state index in [2.05, 4.69) is 10.3 Å². The highest BCUT2D eigenvalue weighted by atomic mass is 32.2. The Balaban J connectivity index is 2.21. The minimum absolute atomic E-state index is 0.00523. The van der Waals surface area contributed by atoms with Crippen molar-refractivity contribution in [2.24, 2.45) is 0 Å². The number of aromatic nitrogens is 1. The molecule has 1 heterocycles. The number of nitrogens with zero attached hydrogens (tertiary/aromatic N) is 1. The van der Waals surface area contributed by atoms with E-state index in [-0.39, 0.29) is 17.0 Å². The van der Waals surface area contributed by atoms with Gasteiger partial charge in [-0.3, -0.25) is 4.79 Å². The molecule has 2 aromatic rings. The first-order chi connectivity index (χ1) is 10.4. The van der Waals surface area contributed by atoms with Gasteiger partial charge in [0.05, 0.1) is 17.6 Å². The van der Waals surface area contributed by atoms with Gasteiger partial charge in [0, 0.05) is 24.6 Å². The van der Waals surface area contributed by atoms with E-state index >= 15 is 0 Å². The van der Waals surface area contributed by atoms with Gasteiger partial charge in [0.25, 0.3) is 5.91 Å². The Hall–Kier alpha value is -2.41. The molecule has 0 spiro atoms. The van der Waals surface area contributed by atoms with Gasteiger partial charge in [-0.15, -0.1) is 0 Å². The van der Waals surface area contributed by atoms with Gasteiger partial charge < -0.3 is 10.1 Å². The molecule has 116 valence electrons. The molecule has 0 aliphatic rings. The molecule has 2 rings (SSSR count). The van der Waals surface area contributed by atoms with E-state index in [4.69, 9.17) is 4.74 Å². The van der Waals surface area contributed by atoms with Crippen molar-refractivity contribution in [3.8, 4) is 5.88 Å². The van der Waals surface area contributed by atoms with Crippen LogP contribution in [-0.4, -0.2) is 32.7 Å². The van der Waals surface area contributed by atoms with Crippen molar-refractivity contribution in [1.82, 2.24) is 10.3 Å². The maximum Gasteiger partial charge on any atom is 0.252 e. The van der Waals surface area contributed by atoms with Crippen LogP contribution in [-0.2, 0) is 16.4 Å². The van der Waals surface area contributed by atoms with Crippen LogP contribution in [0.25, 0.3) is 0 Å². The normalized spacial score (nSPS) is 11.0. The fourth-order valence-corrected chi connectivity index (χ4v) is 2.88. The lowest BCUT2D eigenvalue weighted by Gasteiger charge is -2.10. The van der Waals surface area contributed by atoms with Gasteiger partial charge in [-0.2, -0.15) is 0 Å². The van der Waals surface area contributed by atoms with Crippen LogP contribution in [0.5, 0.6) is 5.88 Å². The van der Waals surface area contributed by atoms with Gasteiger partial charge in [0.1, 0.15) is 0 Å². The Morgan fingerprint density at radius 2 is 1.95 bits per heavy atom. The van der Waals surface area contributed by atoms with Crippen LogP contribution in [0.3, 0.4) is 0 Å². The largest absolute Gasteiger partial charge is 0.481 e. The number of carbonyl (C=O) groups is 1. The third kappa shape index (κ3) is 3.62. The zero-order valence-corrected chi connectivity index (χ0v) is 13.1. The highest BCUT2D eigenvalue weighted by Gasteiger charge is 2.18. The standard InChI is InChI=1S/C15H16N2O4S/c1-21-15-11(6-5-9-16-15)10-17-14(18)12-7-3-4-8-13(12)22(2,19)20/h3-9H,10H2,1-2H3,(H,17,18). The number of pyridine rings is 1. The van der Waals surface area contributed by atoms with Gasteiger partial charge in [-0.1, -0.05) is 18.2 Å². The van der Waals surface area contributed by atoms with Crippen LogP contribution in [0.4, 0.5) is 0 Å². The number of nitrogens with one attached hydrogen (secondary N) is 1. The summed E-state index contributed by atoms with van der Waals surface area (Å²) in [6.07, 6.45) is 2.66. The Bertz CT molecular complexity index is 788. The molecule has 1 N–H and O–H groups in total. The summed E-state index contributed by atoms with van der Waals surface area (Å²) < 4.78 is 28.5. The fourth-order valence-electron chi connectivity index (χ4n) is 1.99. The molecule has 0 saturated carbocycles. The first kappa shape index (κ1) is 16.0. The lowest BCUT2D eigenvalue weighted by Crippen LogP contribution is -2.25. The average molecular weight is 320 g/mol. The minimum Gasteiger partial charge on any atom is -0.481 e. The van der Waals surface area contributed by atoms with Crippen LogP contribution in [0.1, 0.15) is 15.9 Å². The first-order valence-electron chi connectivity index (χ1n) is 6.48. The second-order valence-electron chi connectivity index (χ2n) is 4.62. The van der Waals surface area contributed by atoms with Crippen molar-refractivity contribution < 1.29 is 17.9 Å². The number of rotatable bonds is 5. The van der Waals surface area contributed by atoms with Crippen molar-refractivity contribution in [2.45, 2.75) is 11.4 Å². The summed E-state index contributed by atoms with van der Waals surface area (Å²) in [6, 6.07) is 9.59. The first-order valence-corrected chi connectivity index (χ1v) is 8.38. The summed E-state index contributed by atoms with van der Waals surface area (Å²) in [6.45, 7) is 0.188. The topological polar surface area (TPSA) is 85.4 Å². The molecule has 1 aromatic carbocycles. The molecule has 7 heteroatoms. The maximum atomic E-state index is 12.2. The van der Waals surface area contributed by atoms with E-state index in [9.17, 15) is 13.2 Å². The molecular formula is C15H16N2O4S. The second kappa shape index (κ2) is 6.57. The summed E-state index contributed by atoms with van der Waals surface area (Å²) in [5.74, 6) is -0.0499. The molecule has 22 heavy (non-hydrogen) atoms. The van der Waals surface area contributed by atoms with E-state index in [1.807, 2.05) is 0 Å². The van der Waals surface area contributed by atoms with Crippen LogP contribution < -0.4 is 10.1 Å². The van der Waals surface area contributed by atoms with Crippen LogP contribution in [0, 0.1) is 0 Å². The number of hydrogen-bond donors (Lipinski definition) is 1. The lowest BCUT2D eigenvalue weighted by molar-refractivity contribution is 0.0947. The molecule has 0 aliphatic carbocycles. The molecule has 1 amide bonds. The highest BCUT2D eigenvalue weighted by Crippen LogP contribution is 2.16. The summed E-state index contributed by atoms with van der Waals surface area (Å²) in [5.41, 5.74) is 0.822. The monoisotopic (exact) mass is 320 g/mol. The molecule has 0 fully saturated rings. The number of sulfone groups is 1. The lowest BCUT2D eigenvalue weighted by atomic mass is 10.2. The number of hydrogen-bond acceptors (Lipinski definition) is 5. The van der Waals surface area contributed by atoms with Crippen molar-refractivity contribution in [3.63, 3.8) is 0 Å². The maximum absolute atomic E-state index is 12.2. The van der Waals surface area contributed by atoms with Gasteiger partial charge in [0.15, 0.2) is 9.84 Å². The number of carbonyl (C=O) groups excluding carboxylic acids is 1. The summed E-state index contributed by atoms with van der Waals surface area (Å²) in [4.78, 5) is 16.3. The minimum atomic E-state index is -3.47. The molecule has 0 saturated heterocycles. The molecule has 0 unspecified atom stereocenters.